The first-order chi connectivity index (χ1) is 9.56. The van der Waals surface area contributed by atoms with Gasteiger partial charge in [0.15, 0.2) is 0 Å². The number of fused-ring (bicyclic) bond motifs is 1. The van der Waals surface area contributed by atoms with Gasteiger partial charge in [-0.05, 0) is 36.5 Å². The summed E-state index contributed by atoms with van der Waals surface area (Å²) in [4.78, 5) is 17.8. The lowest BCUT2D eigenvalue weighted by Gasteiger charge is -2.17. The van der Waals surface area contributed by atoms with Gasteiger partial charge < -0.3 is 15.6 Å². The number of likely N-dealkylation sites (tertiary alicyclic amines) is 1. The standard InChI is InChI=1S/C16H21N3O/c1-10(2)11-5-6-19(9-11)16(20)14-8-18-15-4-3-12(17)7-13(14)15/h3-4,7-8,10-11,18H,5-6,9,17H2,1-2H3. The summed E-state index contributed by atoms with van der Waals surface area (Å²) in [7, 11) is 0. The van der Waals surface area contributed by atoms with Gasteiger partial charge in [-0.3, -0.25) is 4.79 Å². The highest BCUT2D eigenvalue weighted by Gasteiger charge is 2.29. The number of hydrogen-bond acceptors (Lipinski definition) is 2. The van der Waals surface area contributed by atoms with E-state index in [0.29, 0.717) is 17.5 Å². The minimum absolute atomic E-state index is 0.116. The van der Waals surface area contributed by atoms with Gasteiger partial charge in [-0.15, -0.1) is 0 Å². The van der Waals surface area contributed by atoms with Crippen LogP contribution in [0.2, 0.25) is 0 Å². The van der Waals surface area contributed by atoms with Crippen molar-refractivity contribution >= 4 is 22.5 Å². The SMILES string of the molecule is CC(C)C1CCN(C(=O)c2c[nH]c3ccc(N)cc23)C1. The van der Waals surface area contributed by atoms with Crippen molar-refractivity contribution in [3.05, 3.63) is 30.0 Å². The first-order valence-corrected chi connectivity index (χ1v) is 7.22. The molecule has 1 amide bonds. The lowest BCUT2D eigenvalue weighted by atomic mass is 9.95. The minimum Gasteiger partial charge on any atom is -0.399 e. The molecule has 4 heteroatoms. The van der Waals surface area contributed by atoms with Crippen molar-refractivity contribution in [2.45, 2.75) is 20.3 Å². The maximum absolute atomic E-state index is 12.7. The van der Waals surface area contributed by atoms with Gasteiger partial charge in [-0.2, -0.15) is 0 Å². The minimum atomic E-state index is 0.116. The Balaban J connectivity index is 1.88. The number of benzene rings is 1. The van der Waals surface area contributed by atoms with Gasteiger partial charge in [0.05, 0.1) is 5.56 Å². The Labute approximate surface area is 118 Å². The van der Waals surface area contributed by atoms with Crippen molar-refractivity contribution in [1.82, 2.24) is 9.88 Å². The van der Waals surface area contributed by atoms with E-state index < -0.39 is 0 Å². The zero-order valence-corrected chi connectivity index (χ0v) is 12.0. The van der Waals surface area contributed by atoms with E-state index >= 15 is 0 Å². The van der Waals surface area contributed by atoms with E-state index in [1.165, 1.54) is 0 Å². The summed E-state index contributed by atoms with van der Waals surface area (Å²) in [5.74, 6) is 1.37. The molecule has 4 nitrogen and oxygen atoms in total. The lowest BCUT2D eigenvalue weighted by Crippen LogP contribution is -2.29. The Morgan fingerprint density at radius 3 is 2.95 bits per heavy atom. The Kier molecular flexibility index (Phi) is 3.16. The molecule has 1 aliphatic heterocycles. The van der Waals surface area contributed by atoms with Crippen molar-refractivity contribution in [1.29, 1.82) is 0 Å². The molecular formula is C16H21N3O. The van der Waals surface area contributed by atoms with Crippen LogP contribution >= 0.6 is 0 Å². The summed E-state index contributed by atoms with van der Waals surface area (Å²) < 4.78 is 0. The van der Waals surface area contributed by atoms with Crippen molar-refractivity contribution in [2.75, 3.05) is 18.8 Å². The van der Waals surface area contributed by atoms with E-state index in [2.05, 4.69) is 18.8 Å². The second-order valence-corrected chi connectivity index (χ2v) is 6.05. The molecule has 3 N–H and O–H groups in total. The molecule has 1 aromatic heterocycles. The molecule has 1 atom stereocenters. The largest absolute Gasteiger partial charge is 0.399 e. The van der Waals surface area contributed by atoms with Crippen LogP contribution in [0, 0.1) is 11.8 Å². The molecule has 2 heterocycles. The van der Waals surface area contributed by atoms with Gasteiger partial charge in [-0.25, -0.2) is 0 Å². The maximum atomic E-state index is 12.7. The molecule has 20 heavy (non-hydrogen) atoms. The fourth-order valence-electron chi connectivity index (χ4n) is 3.00. The number of carbonyl (C=O) groups excluding carboxylic acids is 1. The number of nitrogens with two attached hydrogens (primary N) is 1. The predicted molar refractivity (Wildman–Crippen MR) is 81.6 cm³/mol. The molecule has 1 aliphatic rings. The fraction of sp³-hybridized carbons (Fsp3) is 0.438. The zero-order valence-electron chi connectivity index (χ0n) is 12.0. The van der Waals surface area contributed by atoms with E-state index in [0.717, 1.165) is 36.0 Å². The van der Waals surface area contributed by atoms with Crippen molar-refractivity contribution < 1.29 is 4.79 Å². The smallest absolute Gasteiger partial charge is 0.256 e. The zero-order chi connectivity index (χ0) is 14.3. The number of nitrogens with zero attached hydrogens (tertiary/aromatic N) is 1. The number of H-pyrrole nitrogens is 1. The lowest BCUT2D eigenvalue weighted by molar-refractivity contribution is 0.0786. The number of nitrogen functional groups attached to an aromatic ring is 1. The van der Waals surface area contributed by atoms with Crippen LogP contribution in [-0.4, -0.2) is 28.9 Å². The van der Waals surface area contributed by atoms with Crippen LogP contribution in [0.5, 0.6) is 0 Å². The van der Waals surface area contributed by atoms with E-state index in [9.17, 15) is 4.79 Å². The molecule has 1 saturated heterocycles. The third-order valence-corrected chi connectivity index (χ3v) is 4.39. The number of carbonyl (C=O) groups is 1. The Hall–Kier alpha value is -1.97. The third kappa shape index (κ3) is 2.15. The number of rotatable bonds is 2. The molecule has 1 fully saturated rings. The number of amides is 1. The number of aromatic amines is 1. The van der Waals surface area contributed by atoms with Gasteiger partial charge in [-0.1, -0.05) is 13.8 Å². The molecule has 0 saturated carbocycles. The molecule has 1 aromatic carbocycles. The molecule has 0 bridgehead atoms. The van der Waals surface area contributed by atoms with Gasteiger partial charge >= 0.3 is 0 Å². The topological polar surface area (TPSA) is 62.1 Å². The Morgan fingerprint density at radius 1 is 1.45 bits per heavy atom. The summed E-state index contributed by atoms with van der Waals surface area (Å²) >= 11 is 0. The second kappa shape index (κ2) is 4.85. The summed E-state index contributed by atoms with van der Waals surface area (Å²) in [5, 5.41) is 0.919. The molecule has 1 unspecified atom stereocenters. The molecule has 0 spiro atoms. The number of hydrogen-bond donors (Lipinski definition) is 2. The summed E-state index contributed by atoms with van der Waals surface area (Å²) in [6.45, 7) is 6.18. The quantitative estimate of drug-likeness (QED) is 0.825. The van der Waals surface area contributed by atoms with Gasteiger partial charge in [0.2, 0.25) is 0 Å². The van der Waals surface area contributed by atoms with Crippen molar-refractivity contribution in [2.24, 2.45) is 11.8 Å². The summed E-state index contributed by atoms with van der Waals surface area (Å²) in [6, 6.07) is 5.63. The van der Waals surface area contributed by atoms with Crippen LogP contribution in [-0.2, 0) is 0 Å². The fourth-order valence-corrected chi connectivity index (χ4v) is 3.00. The second-order valence-electron chi connectivity index (χ2n) is 6.05. The normalized spacial score (nSPS) is 19.1. The van der Waals surface area contributed by atoms with E-state index in [1.54, 1.807) is 6.20 Å². The first-order valence-electron chi connectivity index (χ1n) is 7.22. The Morgan fingerprint density at radius 2 is 2.25 bits per heavy atom. The highest BCUT2D eigenvalue weighted by molar-refractivity contribution is 6.07. The molecular weight excluding hydrogens is 250 g/mol. The van der Waals surface area contributed by atoms with Crippen LogP contribution < -0.4 is 5.73 Å². The Bertz CT molecular complexity index is 644. The summed E-state index contributed by atoms with van der Waals surface area (Å²) in [5.41, 5.74) is 8.21. The average Bonchev–Trinajstić information content (AvgIpc) is 3.04. The first kappa shape index (κ1) is 13.0. The molecule has 106 valence electrons. The van der Waals surface area contributed by atoms with Gasteiger partial charge in [0, 0.05) is 35.9 Å². The third-order valence-electron chi connectivity index (χ3n) is 4.39. The average molecular weight is 271 g/mol. The summed E-state index contributed by atoms with van der Waals surface area (Å²) in [6.07, 6.45) is 2.91. The van der Waals surface area contributed by atoms with E-state index in [1.807, 2.05) is 23.1 Å². The van der Waals surface area contributed by atoms with Crippen molar-refractivity contribution in [3.8, 4) is 0 Å². The van der Waals surface area contributed by atoms with Gasteiger partial charge in [0.25, 0.3) is 5.91 Å². The van der Waals surface area contributed by atoms with Crippen molar-refractivity contribution in [3.63, 3.8) is 0 Å². The predicted octanol–water partition coefficient (Wildman–Crippen LogP) is 2.87. The van der Waals surface area contributed by atoms with Gasteiger partial charge in [0.1, 0.15) is 0 Å². The number of aromatic nitrogens is 1. The van der Waals surface area contributed by atoms with Crippen LogP contribution in [0.1, 0.15) is 30.6 Å². The number of anilines is 1. The van der Waals surface area contributed by atoms with Crippen LogP contribution in [0.15, 0.2) is 24.4 Å². The van der Waals surface area contributed by atoms with Crippen LogP contribution in [0.4, 0.5) is 5.69 Å². The van der Waals surface area contributed by atoms with E-state index in [4.69, 9.17) is 5.73 Å². The highest BCUT2D eigenvalue weighted by Crippen LogP contribution is 2.27. The molecule has 3 rings (SSSR count). The maximum Gasteiger partial charge on any atom is 0.256 e. The number of nitrogens with one attached hydrogen (secondary N) is 1. The molecule has 0 aliphatic carbocycles. The highest BCUT2D eigenvalue weighted by atomic mass is 16.2. The monoisotopic (exact) mass is 271 g/mol. The molecule has 2 aromatic rings. The van der Waals surface area contributed by atoms with Crippen LogP contribution in [0.3, 0.4) is 0 Å². The van der Waals surface area contributed by atoms with Crippen LogP contribution in [0.25, 0.3) is 10.9 Å². The molecule has 0 radical (unpaired) electrons. The van der Waals surface area contributed by atoms with E-state index in [-0.39, 0.29) is 5.91 Å².